The molecule has 21 heavy (non-hydrogen) atoms. The molecule has 1 saturated carbocycles. The van der Waals surface area contributed by atoms with Crippen molar-refractivity contribution in [2.45, 2.75) is 29.6 Å². The lowest BCUT2D eigenvalue weighted by molar-refractivity contribution is -0.00425. The number of benzene rings is 1. The highest BCUT2D eigenvalue weighted by atomic mass is 32.2. The molecule has 0 bridgehead atoms. The molecule has 1 aliphatic rings. The van der Waals surface area contributed by atoms with Crippen LogP contribution < -0.4 is 4.72 Å². The van der Waals surface area contributed by atoms with Gasteiger partial charge in [0.2, 0.25) is 10.0 Å². The van der Waals surface area contributed by atoms with Crippen LogP contribution in [0.1, 0.15) is 6.42 Å². The molecule has 0 amide bonds. The Bertz CT molecular complexity index is 577. The van der Waals surface area contributed by atoms with Crippen molar-refractivity contribution in [3.8, 4) is 0 Å². The largest absolute Gasteiger partial charge is 0.390 e. The molecule has 3 N–H and O–H groups in total. The molecule has 4 unspecified atom stereocenters. The summed E-state index contributed by atoms with van der Waals surface area (Å²) in [4.78, 5) is -0.0965. The minimum atomic E-state index is -3.88. The number of sulfonamides is 1. The summed E-state index contributed by atoms with van der Waals surface area (Å²) in [7, 11) is -2.42. The van der Waals surface area contributed by atoms with Crippen LogP contribution in [0, 0.1) is 11.7 Å². The molecule has 1 aliphatic carbocycles. The minimum Gasteiger partial charge on any atom is -0.390 e. The third kappa shape index (κ3) is 3.58. The fourth-order valence-electron chi connectivity index (χ4n) is 2.50. The summed E-state index contributed by atoms with van der Waals surface area (Å²) >= 11 is 0. The summed E-state index contributed by atoms with van der Waals surface area (Å²) < 4.78 is 44.4. The van der Waals surface area contributed by atoms with Crippen LogP contribution in [0.15, 0.2) is 29.2 Å². The lowest BCUT2D eigenvalue weighted by Crippen LogP contribution is -2.43. The van der Waals surface area contributed by atoms with Crippen molar-refractivity contribution in [1.82, 2.24) is 4.72 Å². The molecule has 2 rings (SSSR count). The van der Waals surface area contributed by atoms with Gasteiger partial charge in [0.25, 0.3) is 0 Å². The number of aliphatic hydroxyl groups excluding tert-OH is 2. The predicted molar refractivity (Wildman–Crippen MR) is 72.5 cm³/mol. The number of halogens is 1. The van der Waals surface area contributed by atoms with E-state index in [-0.39, 0.29) is 23.8 Å². The summed E-state index contributed by atoms with van der Waals surface area (Å²) in [6.07, 6.45) is -2.00. The van der Waals surface area contributed by atoms with Crippen molar-refractivity contribution in [2.24, 2.45) is 5.92 Å². The number of rotatable bonds is 5. The molecule has 1 aromatic carbocycles. The number of aliphatic hydroxyl groups is 2. The Morgan fingerprint density at radius 3 is 2.48 bits per heavy atom. The summed E-state index contributed by atoms with van der Waals surface area (Å²) in [6, 6.07) is 3.56. The Morgan fingerprint density at radius 1 is 1.29 bits per heavy atom. The lowest BCUT2D eigenvalue weighted by atomic mass is 10.1. The van der Waals surface area contributed by atoms with Gasteiger partial charge >= 0.3 is 0 Å². The number of hydrogen-bond acceptors (Lipinski definition) is 5. The second kappa shape index (κ2) is 6.37. The smallest absolute Gasteiger partial charge is 0.240 e. The van der Waals surface area contributed by atoms with Gasteiger partial charge in [-0.1, -0.05) is 0 Å². The van der Waals surface area contributed by atoms with E-state index in [1.54, 1.807) is 0 Å². The summed E-state index contributed by atoms with van der Waals surface area (Å²) in [5.74, 6) is -0.878. The van der Waals surface area contributed by atoms with E-state index >= 15 is 0 Å². The Hall–Kier alpha value is -1.06. The molecule has 6 nitrogen and oxygen atoms in total. The van der Waals surface area contributed by atoms with Gasteiger partial charge in [-0.2, -0.15) is 0 Å². The molecule has 4 atom stereocenters. The van der Waals surface area contributed by atoms with E-state index in [2.05, 4.69) is 4.72 Å². The SMILES string of the molecule is COCC1CC(NS(=O)(=O)c2ccc(F)cc2)C(O)C1O. The molecule has 0 spiro atoms. The summed E-state index contributed by atoms with van der Waals surface area (Å²) in [5, 5.41) is 19.8. The van der Waals surface area contributed by atoms with E-state index in [9.17, 15) is 23.0 Å². The van der Waals surface area contributed by atoms with Crippen molar-refractivity contribution in [1.29, 1.82) is 0 Å². The highest BCUT2D eigenvalue weighted by Gasteiger charge is 2.43. The first kappa shape index (κ1) is 16.3. The molecule has 0 radical (unpaired) electrons. The lowest BCUT2D eigenvalue weighted by Gasteiger charge is -2.18. The third-order valence-corrected chi connectivity index (χ3v) is 5.12. The fourth-order valence-corrected chi connectivity index (χ4v) is 3.77. The minimum absolute atomic E-state index is 0.0965. The average molecular weight is 319 g/mol. The van der Waals surface area contributed by atoms with E-state index < -0.39 is 34.1 Å². The van der Waals surface area contributed by atoms with Gasteiger partial charge in [-0.25, -0.2) is 17.5 Å². The van der Waals surface area contributed by atoms with Crippen LogP contribution in [-0.2, 0) is 14.8 Å². The maximum atomic E-state index is 12.8. The van der Waals surface area contributed by atoms with Gasteiger partial charge in [-0.15, -0.1) is 0 Å². The van der Waals surface area contributed by atoms with Crippen LogP contribution in [0.3, 0.4) is 0 Å². The van der Waals surface area contributed by atoms with Crippen LogP contribution in [0.2, 0.25) is 0 Å². The van der Waals surface area contributed by atoms with Gasteiger partial charge in [0.05, 0.1) is 29.8 Å². The van der Waals surface area contributed by atoms with Gasteiger partial charge < -0.3 is 14.9 Å². The molecular weight excluding hydrogens is 301 g/mol. The van der Waals surface area contributed by atoms with Gasteiger partial charge in [0, 0.05) is 13.0 Å². The van der Waals surface area contributed by atoms with Gasteiger partial charge in [-0.05, 0) is 30.7 Å². The Kier molecular flexibility index (Phi) is 4.95. The molecule has 1 fully saturated rings. The second-order valence-corrected chi connectivity index (χ2v) is 6.83. The zero-order chi connectivity index (χ0) is 15.6. The normalized spacial score (nSPS) is 29.7. The van der Waals surface area contributed by atoms with E-state index in [0.29, 0.717) is 0 Å². The summed E-state index contributed by atoms with van der Waals surface area (Å²) in [5.41, 5.74) is 0. The topological polar surface area (TPSA) is 95.9 Å². The van der Waals surface area contributed by atoms with Gasteiger partial charge in [0.1, 0.15) is 5.82 Å². The van der Waals surface area contributed by atoms with Gasteiger partial charge in [0.15, 0.2) is 0 Å². The quantitative estimate of drug-likeness (QED) is 0.702. The Morgan fingerprint density at radius 2 is 1.90 bits per heavy atom. The van der Waals surface area contributed by atoms with Crippen molar-refractivity contribution >= 4 is 10.0 Å². The molecule has 0 saturated heterocycles. The maximum Gasteiger partial charge on any atom is 0.240 e. The van der Waals surface area contributed by atoms with Crippen LogP contribution in [0.25, 0.3) is 0 Å². The van der Waals surface area contributed by atoms with Crippen molar-refractivity contribution in [3.05, 3.63) is 30.1 Å². The maximum absolute atomic E-state index is 12.8. The van der Waals surface area contributed by atoms with Crippen molar-refractivity contribution in [3.63, 3.8) is 0 Å². The zero-order valence-corrected chi connectivity index (χ0v) is 12.3. The molecule has 1 aromatic rings. The number of methoxy groups -OCH3 is 1. The highest BCUT2D eigenvalue weighted by Crippen LogP contribution is 2.28. The van der Waals surface area contributed by atoms with E-state index in [1.807, 2.05) is 0 Å². The monoisotopic (exact) mass is 319 g/mol. The average Bonchev–Trinajstić information content (AvgIpc) is 2.68. The van der Waals surface area contributed by atoms with Crippen molar-refractivity contribution in [2.75, 3.05) is 13.7 Å². The van der Waals surface area contributed by atoms with Crippen LogP contribution in [0.5, 0.6) is 0 Å². The molecule has 118 valence electrons. The predicted octanol–water partition coefficient (Wildman–Crippen LogP) is -0.139. The molecule has 0 aliphatic heterocycles. The Balaban J connectivity index is 2.12. The first-order valence-corrected chi connectivity index (χ1v) is 7.96. The van der Waals surface area contributed by atoms with E-state index in [4.69, 9.17) is 4.74 Å². The van der Waals surface area contributed by atoms with Gasteiger partial charge in [-0.3, -0.25) is 0 Å². The zero-order valence-electron chi connectivity index (χ0n) is 11.4. The Labute approximate surface area is 122 Å². The van der Waals surface area contributed by atoms with Crippen LogP contribution in [0.4, 0.5) is 4.39 Å². The second-order valence-electron chi connectivity index (χ2n) is 5.11. The number of hydrogen-bond donors (Lipinski definition) is 3. The molecule has 8 heteroatoms. The number of ether oxygens (including phenoxy) is 1. The number of nitrogens with one attached hydrogen (secondary N) is 1. The van der Waals surface area contributed by atoms with Crippen LogP contribution >= 0.6 is 0 Å². The highest BCUT2D eigenvalue weighted by molar-refractivity contribution is 7.89. The van der Waals surface area contributed by atoms with E-state index in [1.165, 1.54) is 7.11 Å². The standard InChI is InChI=1S/C13H18FNO5S/c1-20-7-8-6-11(13(17)12(8)16)15-21(18,19)10-4-2-9(14)3-5-10/h2-5,8,11-13,15-17H,6-7H2,1H3. The van der Waals surface area contributed by atoms with Crippen molar-refractivity contribution < 1.29 is 27.8 Å². The third-order valence-electron chi connectivity index (χ3n) is 3.61. The first-order chi connectivity index (χ1) is 9.85. The van der Waals surface area contributed by atoms with Crippen LogP contribution in [-0.4, -0.2) is 50.6 Å². The first-order valence-electron chi connectivity index (χ1n) is 6.48. The molecule has 0 heterocycles. The van der Waals surface area contributed by atoms with E-state index in [0.717, 1.165) is 24.3 Å². The molecule has 0 aromatic heterocycles. The fraction of sp³-hybridized carbons (Fsp3) is 0.538. The molecular formula is C13H18FNO5S. The summed E-state index contributed by atoms with van der Waals surface area (Å²) in [6.45, 7) is 0.229.